The van der Waals surface area contributed by atoms with Gasteiger partial charge in [0.2, 0.25) is 0 Å². The van der Waals surface area contributed by atoms with Crippen LogP contribution in [0.2, 0.25) is 5.02 Å². The maximum absolute atomic E-state index is 6.40. The zero-order chi connectivity index (χ0) is 14.8. The highest BCUT2D eigenvalue weighted by molar-refractivity contribution is 6.30. The molecule has 1 fully saturated rings. The fourth-order valence-electron chi connectivity index (χ4n) is 2.68. The molecule has 0 radical (unpaired) electrons. The molecule has 0 amide bonds. The van der Waals surface area contributed by atoms with Crippen molar-refractivity contribution < 1.29 is 9.47 Å². The first-order valence-electron chi connectivity index (χ1n) is 6.90. The summed E-state index contributed by atoms with van der Waals surface area (Å²) >= 11 is 6.11. The number of imidazole rings is 1. The van der Waals surface area contributed by atoms with Crippen molar-refractivity contribution in [3.8, 4) is 11.4 Å². The predicted molar refractivity (Wildman–Crippen MR) is 81.0 cm³/mol. The first-order valence-corrected chi connectivity index (χ1v) is 7.28. The number of methoxy groups -OCH3 is 1. The number of benzene rings is 1. The molecular formula is C15H18ClN3O2. The Morgan fingerprint density at radius 1 is 1.52 bits per heavy atom. The van der Waals surface area contributed by atoms with E-state index in [0.717, 1.165) is 30.2 Å². The summed E-state index contributed by atoms with van der Waals surface area (Å²) in [6, 6.07) is 5.36. The zero-order valence-corrected chi connectivity index (χ0v) is 12.6. The minimum absolute atomic E-state index is 0.126. The van der Waals surface area contributed by atoms with Gasteiger partial charge in [-0.15, -0.1) is 0 Å². The first kappa shape index (κ1) is 14.4. The number of rotatable bonds is 4. The van der Waals surface area contributed by atoms with E-state index in [9.17, 15) is 0 Å². The predicted octanol–water partition coefficient (Wildman–Crippen LogP) is 2.57. The Morgan fingerprint density at radius 2 is 2.38 bits per heavy atom. The van der Waals surface area contributed by atoms with Crippen molar-refractivity contribution in [3.05, 3.63) is 41.4 Å². The van der Waals surface area contributed by atoms with Crippen molar-refractivity contribution in [1.29, 1.82) is 0 Å². The van der Waals surface area contributed by atoms with Gasteiger partial charge in [-0.05, 0) is 24.6 Å². The molecule has 1 aromatic carbocycles. The summed E-state index contributed by atoms with van der Waals surface area (Å²) in [6.45, 7) is 1.46. The van der Waals surface area contributed by atoms with Crippen LogP contribution in [0.15, 0.2) is 30.7 Å². The third kappa shape index (κ3) is 2.77. The fraction of sp³-hybridized carbons (Fsp3) is 0.400. The van der Waals surface area contributed by atoms with Crippen molar-refractivity contribution in [2.45, 2.75) is 12.5 Å². The number of hydrogen-bond acceptors (Lipinski definition) is 4. The molecule has 6 heteroatoms. The standard InChI is InChI=1S/C15H18ClN3O2/c1-20-14-3-2-11(16)6-12(14)19-9-18-7-13(19)15(17)10-4-5-21-8-10/h2-3,6-7,9-10,15H,4-5,8,17H2,1H3. The number of hydrogen-bond donors (Lipinski definition) is 1. The Hall–Kier alpha value is -1.56. The number of ether oxygens (including phenoxy) is 2. The molecule has 3 rings (SSSR count). The number of halogens is 1. The second kappa shape index (κ2) is 6.05. The van der Waals surface area contributed by atoms with Crippen LogP contribution in [0, 0.1) is 5.92 Å². The number of aromatic nitrogens is 2. The Morgan fingerprint density at radius 3 is 3.10 bits per heavy atom. The van der Waals surface area contributed by atoms with Crippen LogP contribution < -0.4 is 10.5 Å². The monoisotopic (exact) mass is 307 g/mol. The Labute approximate surface area is 128 Å². The van der Waals surface area contributed by atoms with Crippen LogP contribution in [0.5, 0.6) is 5.75 Å². The third-order valence-electron chi connectivity index (χ3n) is 3.88. The van der Waals surface area contributed by atoms with Crippen LogP contribution in [0.4, 0.5) is 0 Å². The van der Waals surface area contributed by atoms with E-state index in [1.807, 2.05) is 16.7 Å². The highest BCUT2D eigenvalue weighted by atomic mass is 35.5. The second-order valence-corrected chi connectivity index (χ2v) is 5.59. The van der Waals surface area contributed by atoms with E-state index in [1.54, 1.807) is 25.7 Å². The van der Waals surface area contributed by atoms with Crippen LogP contribution in [-0.2, 0) is 4.74 Å². The van der Waals surface area contributed by atoms with Gasteiger partial charge in [-0.3, -0.25) is 4.57 Å². The molecule has 0 spiro atoms. The smallest absolute Gasteiger partial charge is 0.142 e. The SMILES string of the molecule is COc1ccc(Cl)cc1-n1cncc1C(N)C1CCOC1. The lowest BCUT2D eigenvalue weighted by Crippen LogP contribution is -2.24. The molecule has 2 heterocycles. The Kier molecular flexibility index (Phi) is 4.14. The van der Waals surface area contributed by atoms with Crippen molar-refractivity contribution in [2.24, 2.45) is 11.7 Å². The quantitative estimate of drug-likeness (QED) is 0.943. The molecule has 2 aromatic rings. The maximum Gasteiger partial charge on any atom is 0.142 e. The molecule has 1 saturated heterocycles. The molecule has 0 bridgehead atoms. The molecule has 0 saturated carbocycles. The summed E-state index contributed by atoms with van der Waals surface area (Å²) in [4.78, 5) is 4.24. The fourth-order valence-corrected chi connectivity index (χ4v) is 2.85. The lowest BCUT2D eigenvalue weighted by atomic mass is 9.97. The summed E-state index contributed by atoms with van der Waals surface area (Å²) in [5.41, 5.74) is 8.17. The molecule has 2 atom stereocenters. The highest BCUT2D eigenvalue weighted by Crippen LogP contribution is 2.32. The largest absolute Gasteiger partial charge is 0.495 e. The summed E-state index contributed by atoms with van der Waals surface area (Å²) in [7, 11) is 1.63. The van der Waals surface area contributed by atoms with E-state index in [0.29, 0.717) is 17.5 Å². The lowest BCUT2D eigenvalue weighted by Gasteiger charge is -2.20. The normalized spacial score (nSPS) is 19.7. The number of nitrogens with zero attached hydrogens (tertiary/aromatic N) is 2. The molecule has 2 N–H and O–H groups in total. The van der Waals surface area contributed by atoms with Crippen LogP contribution in [0.3, 0.4) is 0 Å². The van der Waals surface area contributed by atoms with Crippen LogP contribution in [0.1, 0.15) is 18.2 Å². The zero-order valence-electron chi connectivity index (χ0n) is 11.8. The van der Waals surface area contributed by atoms with E-state index >= 15 is 0 Å². The number of nitrogens with two attached hydrogens (primary N) is 1. The molecule has 1 aliphatic heterocycles. The molecule has 5 nitrogen and oxygen atoms in total. The van der Waals surface area contributed by atoms with Gasteiger partial charge in [-0.1, -0.05) is 11.6 Å². The summed E-state index contributed by atoms with van der Waals surface area (Å²) in [5, 5.41) is 0.642. The summed E-state index contributed by atoms with van der Waals surface area (Å²) in [5.74, 6) is 1.04. The minimum atomic E-state index is -0.126. The first-order chi connectivity index (χ1) is 10.2. The average molecular weight is 308 g/mol. The molecule has 0 aliphatic carbocycles. The van der Waals surface area contributed by atoms with Gasteiger partial charge in [0, 0.05) is 17.5 Å². The lowest BCUT2D eigenvalue weighted by molar-refractivity contribution is 0.180. The van der Waals surface area contributed by atoms with Gasteiger partial charge in [0.05, 0.1) is 43.7 Å². The van der Waals surface area contributed by atoms with Gasteiger partial charge in [0.25, 0.3) is 0 Å². The van der Waals surface area contributed by atoms with Gasteiger partial charge < -0.3 is 15.2 Å². The average Bonchev–Trinajstić information content (AvgIpc) is 3.18. The molecule has 1 aliphatic rings. The van der Waals surface area contributed by atoms with E-state index in [1.165, 1.54) is 0 Å². The van der Waals surface area contributed by atoms with Gasteiger partial charge in [-0.2, -0.15) is 0 Å². The van der Waals surface area contributed by atoms with Crippen molar-refractivity contribution in [1.82, 2.24) is 9.55 Å². The van der Waals surface area contributed by atoms with Gasteiger partial charge in [-0.25, -0.2) is 4.98 Å². The van der Waals surface area contributed by atoms with Crippen LogP contribution in [-0.4, -0.2) is 29.9 Å². The van der Waals surface area contributed by atoms with Crippen LogP contribution in [0.25, 0.3) is 5.69 Å². The van der Waals surface area contributed by atoms with E-state index < -0.39 is 0 Å². The third-order valence-corrected chi connectivity index (χ3v) is 4.12. The van der Waals surface area contributed by atoms with Gasteiger partial charge in [0.15, 0.2) is 0 Å². The Balaban J connectivity index is 2.00. The van der Waals surface area contributed by atoms with Gasteiger partial charge >= 0.3 is 0 Å². The topological polar surface area (TPSA) is 62.3 Å². The molecular weight excluding hydrogens is 290 g/mol. The molecule has 112 valence electrons. The summed E-state index contributed by atoms with van der Waals surface area (Å²) < 4.78 is 12.8. The van der Waals surface area contributed by atoms with Gasteiger partial charge in [0.1, 0.15) is 5.75 Å². The van der Waals surface area contributed by atoms with E-state index in [2.05, 4.69) is 4.98 Å². The highest BCUT2D eigenvalue weighted by Gasteiger charge is 2.27. The molecule has 21 heavy (non-hydrogen) atoms. The Bertz CT molecular complexity index is 623. The minimum Gasteiger partial charge on any atom is -0.495 e. The maximum atomic E-state index is 6.40. The molecule has 1 aromatic heterocycles. The van der Waals surface area contributed by atoms with Crippen molar-refractivity contribution in [3.63, 3.8) is 0 Å². The van der Waals surface area contributed by atoms with E-state index in [4.69, 9.17) is 26.8 Å². The van der Waals surface area contributed by atoms with Crippen molar-refractivity contribution >= 4 is 11.6 Å². The second-order valence-electron chi connectivity index (χ2n) is 5.15. The van der Waals surface area contributed by atoms with E-state index in [-0.39, 0.29) is 6.04 Å². The van der Waals surface area contributed by atoms with Crippen LogP contribution >= 0.6 is 11.6 Å². The molecule has 2 unspecified atom stereocenters. The summed E-state index contributed by atoms with van der Waals surface area (Å²) in [6.07, 6.45) is 4.50. The van der Waals surface area contributed by atoms with Crippen molar-refractivity contribution in [2.75, 3.05) is 20.3 Å².